The van der Waals surface area contributed by atoms with Gasteiger partial charge in [-0.25, -0.2) is 0 Å². The van der Waals surface area contributed by atoms with E-state index < -0.39 is 17.5 Å². The van der Waals surface area contributed by atoms with Crippen LogP contribution in [0.5, 0.6) is 0 Å². The predicted octanol–water partition coefficient (Wildman–Crippen LogP) is 4.75. The largest absolute Gasteiger partial charge is 0.400 e. The lowest BCUT2D eigenvalue weighted by molar-refractivity contribution is -0.192. The molecule has 0 spiro atoms. The molecule has 0 saturated carbocycles. The summed E-state index contributed by atoms with van der Waals surface area (Å²) in [4.78, 5) is 16.2. The topological polar surface area (TPSA) is 86.7 Å². The van der Waals surface area contributed by atoms with Crippen LogP contribution in [0.25, 0.3) is 22.2 Å². The number of carbonyl (C=O) groups excluding carboxylic acids is 2. The minimum atomic E-state index is -4.79. The van der Waals surface area contributed by atoms with Gasteiger partial charge in [-0.1, -0.05) is 48.5 Å². The molecule has 0 radical (unpaired) electrons. The van der Waals surface area contributed by atoms with Crippen molar-refractivity contribution in [3.8, 4) is 23.4 Å². The van der Waals surface area contributed by atoms with Gasteiger partial charge in [-0.2, -0.15) is 33.3 Å². The van der Waals surface area contributed by atoms with Gasteiger partial charge in [0.15, 0.2) is 5.92 Å². The predicted molar refractivity (Wildman–Crippen MR) is 101 cm³/mol. The molecule has 0 saturated heterocycles. The second-order valence-corrected chi connectivity index (χ2v) is 6.64. The summed E-state index contributed by atoms with van der Waals surface area (Å²) in [5, 5.41) is 19.1. The summed E-state index contributed by atoms with van der Waals surface area (Å²) < 4.78 is 44.7. The van der Waals surface area contributed by atoms with E-state index in [1.165, 1.54) is 0 Å². The molecule has 30 heavy (non-hydrogen) atoms. The number of rotatable bonds is 3. The molecule has 0 fully saturated rings. The summed E-state index contributed by atoms with van der Waals surface area (Å²) >= 11 is 0. The molecule has 2 aromatic carbocycles. The van der Waals surface area contributed by atoms with Crippen LogP contribution >= 0.6 is 0 Å². The van der Waals surface area contributed by atoms with Crippen molar-refractivity contribution in [2.45, 2.75) is 18.5 Å². The van der Waals surface area contributed by atoms with Crippen LogP contribution in [-0.2, 0) is 22.1 Å². The molecule has 1 aromatic heterocycles. The number of aryl methyl sites for hydroxylation is 1. The van der Waals surface area contributed by atoms with Crippen molar-refractivity contribution >= 4 is 17.1 Å². The van der Waals surface area contributed by atoms with E-state index in [9.17, 15) is 23.7 Å². The number of hydrogen-bond acceptors (Lipinski definition) is 4. The first-order chi connectivity index (χ1) is 14.2. The van der Waals surface area contributed by atoms with Gasteiger partial charge in [0.25, 0.3) is 0 Å². The van der Waals surface area contributed by atoms with Gasteiger partial charge >= 0.3 is 12.3 Å². The maximum atomic E-state index is 14.3. The van der Waals surface area contributed by atoms with Gasteiger partial charge in [0.05, 0.1) is 17.8 Å². The third kappa shape index (κ3) is 3.57. The first kappa shape index (κ1) is 22.4. The average molecular weight is 411 g/mol. The van der Waals surface area contributed by atoms with Crippen molar-refractivity contribution < 1.29 is 22.8 Å². The van der Waals surface area contributed by atoms with Crippen molar-refractivity contribution in [1.82, 2.24) is 4.57 Å². The highest BCUT2D eigenvalue weighted by Crippen LogP contribution is 2.52. The molecular weight excluding hydrogens is 395 g/mol. The fraction of sp³-hybridized carbons (Fsp3) is 0.227. The van der Waals surface area contributed by atoms with Crippen LogP contribution in [0.4, 0.5) is 13.2 Å². The quantitative estimate of drug-likeness (QED) is 0.623. The Balaban J connectivity index is 0.00000101. The van der Waals surface area contributed by atoms with E-state index >= 15 is 0 Å². The van der Waals surface area contributed by atoms with E-state index in [2.05, 4.69) is 0 Å². The number of hydrogen-bond donors (Lipinski definition) is 0. The van der Waals surface area contributed by atoms with Gasteiger partial charge < -0.3 is 4.57 Å². The minimum absolute atomic E-state index is 0.0487. The van der Waals surface area contributed by atoms with E-state index in [4.69, 9.17) is 9.59 Å². The molecule has 0 aliphatic rings. The molecule has 0 aliphatic heterocycles. The molecule has 0 amide bonds. The lowest BCUT2D eigenvalue weighted by atomic mass is 9.70. The molecule has 8 heteroatoms. The van der Waals surface area contributed by atoms with E-state index in [0.717, 1.165) is 6.92 Å². The van der Waals surface area contributed by atoms with E-state index in [-0.39, 0.29) is 11.7 Å². The smallest absolute Gasteiger partial charge is 0.343 e. The first-order valence-electron chi connectivity index (χ1n) is 8.67. The SMILES string of the molecule is Cn1c(-c2ccccc2)c(C(C)(C(C#N)C#N)C(F)(F)F)c2ccccc21.O=C=O. The standard InChI is InChI=1S/C21H16F3N3.CO2/c1-20(21(22,23)24,15(12-25)13-26)18-16-10-6-7-11-17(16)27(2)19(18)14-8-4-3-5-9-14;2-1-3/h3-11,15H,1-2H3;. The molecule has 152 valence electrons. The maximum absolute atomic E-state index is 14.3. The van der Waals surface area contributed by atoms with Crippen LogP contribution in [0.3, 0.4) is 0 Å². The second-order valence-electron chi connectivity index (χ2n) is 6.64. The number of nitriles is 2. The maximum Gasteiger partial charge on any atom is 0.400 e. The summed E-state index contributed by atoms with van der Waals surface area (Å²) in [5.41, 5.74) is -1.14. The van der Waals surface area contributed by atoms with Gasteiger partial charge in [-0.05, 0) is 18.6 Å². The molecule has 3 aromatic rings. The normalized spacial score (nSPS) is 12.8. The molecule has 0 aliphatic carbocycles. The number of halogens is 3. The van der Waals surface area contributed by atoms with Crippen molar-refractivity contribution in [3.05, 3.63) is 60.2 Å². The zero-order valence-corrected chi connectivity index (χ0v) is 16.1. The summed E-state index contributed by atoms with van der Waals surface area (Å²) in [6.07, 6.45) is -4.54. The Kier molecular flexibility index (Phi) is 6.46. The summed E-state index contributed by atoms with van der Waals surface area (Å²) in [6, 6.07) is 18.6. The number of benzene rings is 2. The average Bonchev–Trinajstić information content (AvgIpc) is 3.02. The number of nitrogens with zero attached hydrogens (tertiary/aromatic N) is 3. The lowest BCUT2D eigenvalue weighted by Gasteiger charge is -2.34. The molecule has 1 unspecified atom stereocenters. The monoisotopic (exact) mass is 411 g/mol. The molecule has 1 atom stereocenters. The Labute approximate surface area is 170 Å². The van der Waals surface area contributed by atoms with Gasteiger partial charge in [-0.3, -0.25) is 0 Å². The van der Waals surface area contributed by atoms with E-state index in [0.29, 0.717) is 22.2 Å². The molecule has 3 rings (SSSR count). The van der Waals surface area contributed by atoms with Crippen molar-refractivity contribution in [3.63, 3.8) is 0 Å². The van der Waals surface area contributed by atoms with Gasteiger partial charge in [0.1, 0.15) is 5.41 Å². The molecular formula is C22H16F3N3O2. The lowest BCUT2D eigenvalue weighted by Crippen LogP contribution is -2.45. The Morgan fingerprint density at radius 3 is 1.93 bits per heavy atom. The molecule has 0 N–H and O–H groups in total. The van der Waals surface area contributed by atoms with E-state index in [1.54, 1.807) is 78.4 Å². The highest BCUT2D eigenvalue weighted by Gasteiger charge is 2.60. The minimum Gasteiger partial charge on any atom is -0.343 e. The highest BCUT2D eigenvalue weighted by molar-refractivity contribution is 5.93. The van der Waals surface area contributed by atoms with Crippen molar-refractivity contribution in [2.75, 3.05) is 0 Å². The number of aromatic nitrogens is 1. The van der Waals surface area contributed by atoms with Gasteiger partial charge in [0.2, 0.25) is 0 Å². The van der Waals surface area contributed by atoms with Gasteiger partial charge in [0, 0.05) is 23.5 Å². The Hall–Kier alpha value is -3.87. The van der Waals surface area contributed by atoms with Gasteiger partial charge in [-0.15, -0.1) is 0 Å². The highest BCUT2D eigenvalue weighted by atomic mass is 19.4. The number of para-hydroxylation sites is 1. The second kappa shape index (κ2) is 8.65. The van der Waals surface area contributed by atoms with Crippen LogP contribution < -0.4 is 0 Å². The third-order valence-corrected chi connectivity index (χ3v) is 5.10. The zero-order chi connectivity index (χ0) is 22.5. The zero-order valence-electron chi connectivity index (χ0n) is 16.1. The van der Waals surface area contributed by atoms with E-state index in [1.807, 2.05) is 0 Å². The fourth-order valence-corrected chi connectivity index (χ4v) is 3.59. The Morgan fingerprint density at radius 2 is 1.43 bits per heavy atom. The molecule has 0 bridgehead atoms. The summed E-state index contributed by atoms with van der Waals surface area (Å²) in [5.74, 6) is -1.88. The molecule has 5 nitrogen and oxygen atoms in total. The van der Waals surface area contributed by atoms with Crippen molar-refractivity contribution in [2.24, 2.45) is 13.0 Å². The summed E-state index contributed by atoms with van der Waals surface area (Å²) in [7, 11) is 1.69. The number of alkyl halides is 3. The van der Waals surface area contributed by atoms with Crippen LogP contribution in [0.15, 0.2) is 54.6 Å². The fourth-order valence-electron chi connectivity index (χ4n) is 3.59. The third-order valence-electron chi connectivity index (χ3n) is 5.10. The van der Waals surface area contributed by atoms with Crippen LogP contribution in [0.2, 0.25) is 0 Å². The van der Waals surface area contributed by atoms with Crippen LogP contribution in [-0.4, -0.2) is 16.9 Å². The Bertz CT molecular complexity index is 1150. The van der Waals surface area contributed by atoms with Crippen molar-refractivity contribution in [1.29, 1.82) is 10.5 Å². The molecule has 1 heterocycles. The van der Waals surface area contributed by atoms with Crippen LogP contribution in [0, 0.1) is 28.6 Å². The number of fused-ring (bicyclic) bond motifs is 1. The summed E-state index contributed by atoms with van der Waals surface area (Å²) in [6.45, 7) is 0.943. The van der Waals surface area contributed by atoms with Crippen LogP contribution in [0.1, 0.15) is 12.5 Å². The Morgan fingerprint density at radius 1 is 0.933 bits per heavy atom. The first-order valence-corrected chi connectivity index (χ1v) is 8.67.